The van der Waals surface area contributed by atoms with Crippen molar-refractivity contribution >= 4 is 10.8 Å². The molecular weight excluding hydrogens is 382 g/mol. The van der Waals surface area contributed by atoms with E-state index in [1.807, 2.05) is 42.5 Å². The third-order valence-corrected chi connectivity index (χ3v) is 5.25. The maximum atomic E-state index is 10.1. The van der Waals surface area contributed by atoms with Crippen molar-refractivity contribution in [3.05, 3.63) is 59.7 Å². The number of fused-ring (bicyclic) bond motifs is 2. The lowest BCUT2D eigenvalue weighted by Crippen LogP contribution is -2.30. The Morgan fingerprint density at radius 1 is 0.967 bits per heavy atom. The van der Waals surface area contributed by atoms with Gasteiger partial charge < -0.3 is 24.1 Å². The lowest BCUT2D eigenvalue weighted by atomic mass is 10.0. The average molecular weight is 409 g/mol. The maximum absolute atomic E-state index is 10.1. The monoisotopic (exact) mass is 409 g/mol. The molecule has 0 saturated heterocycles. The molecule has 0 saturated carbocycles. The summed E-state index contributed by atoms with van der Waals surface area (Å²) in [5.41, 5.74) is 2.22. The zero-order valence-electron chi connectivity index (χ0n) is 17.6. The molecule has 6 heteroatoms. The highest BCUT2D eigenvalue weighted by atomic mass is 16.7. The van der Waals surface area contributed by atoms with Gasteiger partial charge in [0.25, 0.3) is 0 Å². The molecule has 0 spiro atoms. The highest BCUT2D eigenvalue weighted by Crippen LogP contribution is 2.36. The van der Waals surface area contributed by atoms with E-state index in [1.165, 1.54) is 0 Å². The van der Waals surface area contributed by atoms with Crippen LogP contribution >= 0.6 is 0 Å². The Kier molecular flexibility index (Phi) is 5.97. The molecule has 3 aromatic rings. The van der Waals surface area contributed by atoms with Gasteiger partial charge in [0, 0.05) is 30.4 Å². The maximum Gasteiger partial charge on any atom is 0.231 e. The minimum absolute atomic E-state index is 0.258. The van der Waals surface area contributed by atoms with Crippen molar-refractivity contribution in [3.8, 4) is 23.0 Å². The van der Waals surface area contributed by atoms with Gasteiger partial charge >= 0.3 is 0 Å². The fourth-order valence-electron chi connectivity index (χ4n) is 3.99. The molecule has 30 heavy (non-hydrogen) atoms. The molecule has 4 rings (SSSR count). The quantitative estimate of drug-likeness (QED) is 0.608. The van der Waals surface area contributed by atoms with E-state index in [9.17, 15) is 5.11 Å². The molecule has 0 amide bonds. The predicted molar refractivity (Wildman–Crippen MR) is 115 cm³/mol. The summed E-state index contributed by atoms with van der Waals surface area (Å²) in [5.74, 6) is 3.15. The fraction of sp³-hybridized carbons (Fsp3) is 0.333. The van der Waals surface area contributed by atoms with Gasteiger partial charge in [-0.15, -0.1) is 0 Å². The van der Waals surface area contributed by atoms with Gasteiger partial charge in [0.1, 0.15) is 11.5 Å². The predicted octanol–water partition coefficient (Wildman–Crippen LogP) is 3.97. The first kappa shape index (κ1) is 20.3. The van der Waals surface area contributed by atoms with Crippen LogP contribution in [0.25, 0.3) is 10.8 Å². The van der Waals surface area contributed by atoms with E-state index in [2.05, 4.69) is 11.0 Å². The SMILES string of the molecule is COc1ccc(CN(Cc2ccc3c(c2)OCO3)C[C@@H](C)O)c2c(OC)cccc12. The van der Waals surface area contributed by atoms with E-state index in [4.69, 9.17) is 18.9 Å². The summed E-state index contributed by atoms with van der Waals surface area (Å²) in [7, 11) is 3.35. The first-order valence-electron chi connectivity index (χ1n) is 10.0. The van der Waals surface area contributed by atoms with Crippen LogP contribution in [0.3, 0.4) is 0 Å². The number of rotatable bonds is 8. The van der Waals surface area contributed by atoms with E-state index in [1.54, 1.807) is 21.1 Å². The number of aliphatic hydroxyl groups excluding tert-OH is 1. The van der Waals surface area contributed by atoms with Crippen LogP contribution in [-0.4, -0.2) is 43.7 Å². The largest absolute Gasteiger partial charge is 0.496 e. The van der Waals surface area contributed by atoms with Crippen molar-refractivity contribution in [2.45, 2.75) is 26.1 Å². The molecule has 1 atom stereocenters. The Hall–Kier alpha value is -2.96. The van der Waals surface area contributed by atoms with E-state index < -0.39 is 6.10 Å². The van der Waals surface area contributed by atoms with E-state index >= 15 is 0 Å². The third-order valence-electron chi connectivity index (χ3n) is 5.25. The van der Waals surface area contributed by atoms with Crippen molar-refractivity contribution in [1.29, 1.82) is 0 Å². The van der Waals surface area contributed by atoms with Crippen LogP contribution in [0.1, 0.15) is 18.1 Å². The molecule has 0 aromatic heterocycles. The van der Waals surface area contributed by atoms with Crippen molar-refractivity contribution in [2.24, 2.45) is 0 Å². The van der Waals surface area contributed by atoms with Gasteiger partial charge in [-0.1, -0.05) is 24.3 Å². The molecule has 0 bridgehead atoms. The minimum atomic E-state index is -0.453. The van der Waals surface area contributed by atoms with Gasteiger partial charge in [0.2, 0.25) is 6.79 Å². The van der Waals surface area contributed by atoms with Crippen molar-refractivity contribution in [2.75, 3.05) is 27.6 Å². The van der Waals surface area contributed by atoms with E-state index in [-0.39, 0.29) is 6.79 Å². The van der Waals surface area contributed by atoms with Gasteiger partial charge in [-0.25, -0.2) is 0 Å². The number of nitrogens with zero attached hydrogens (tertiary/aromatic N) is 1. The Labute approximate surface area is 176 Å². The van der Waals surface area contributed by atoms with Crippen LogP contribution in [0.5, 0.6) is 23.0 Å². The highest BCUT2D eigenvalue weighted by Gasteiger charge is 2.18. The molecule has 1 aliphatic heterocycles. The number of benzene rings is 3. The van der Waals surface area contributed by atoms with Crippen LogP contribution in [0.15, 0.2) is 48.5 Å². The second-order valence-corrected chi connectivity index (χ2v) is 7.52. The van der Waals surface area contributed by atoms with Crippen LogP contribution in [0.2, 0.25) is 0 Å². The summed E-state index contributed by atoms with van der Waals surface area (Å²) in [4.78, 5) is 2.22. The Morgan fingerprint density at radius 2 is 1.77 bits per heavy atom. The zero-order valence-corrected chi connectivity index (χ0v) is 17.6. The Balaban J connectivity index is 1.67. The Bertz CT molecular complexity index is 1030. The van der Waals surface area contributed by atoms with Crippen LogP contribution in [0, 0.1) is 0 Å². The first-order valence-corrected chi connectivity index (χ1v) is 10.0. The third kappa shape index (κ3) is 4.15. The molecule has 0 fully saturated rings. The van der Waals surface area contributed by atoms with Crippen LogP contribution in [0.4, 0.5) is 0 Å². The fourth-order valence-corrected chi connectivity index (χ4v) is 3.99. The van der Waals surface area contributed by atoms with Gasteiger partial charge in [0.15, 0.2) is 11.5 Å². The molecule has 1 heterocycles. The second-order valence-electron chi connectivity index (χ2n) is 7.52. The number of hydrogen-bond donors (Lipinski definition) is 1. The summed E-state index contributed by atoms with van der Waals surface area (Å²) in [6.07, 6.45) is -0.453. The van der Waals surface area contributed by atoms with Crippen LogP contribution < -0.4 is 18.9 Å². The summed E-state index contributed by atoms with van der Waals surface area (Å²) >= 11 is 0. The molecule has 158 valence electrons. The van der Waals surface area contributed by atoms with Crippen molar-refractivity contribution in [3.63, 3.8) is 0 Å². The lowest BCUT2D eigenvalue weighted by Gasteiger charge is -2.25. The standard InChI is InChI=1S/C24H27NO5/c1-16(26)12-25(13-17-7-9-21-23(11-17)30-15-29-21)14-18-8-10-20(27-2)19-5-4-6-22(28-3)24(18)19/h4-11,16,26H,12-15H2,1-3H3/t16-/m1/s1. The number of ether oxygens (including phenoxy) is 4. The van der Waals surface area contributed by atoms with Gasteiger partial charge in [0.05, 0.1) is 20.3 Å². The van der Waals surface area contributed by atoms with E-state index in [0.29, 0.717) is 19.6 Å². The molecule has 3 aromatic carbocycles. The first-order chi connectivity index (χ1) is 14.6. The topological polar surface area (TPSA) is 60.4 Å². The number of methoxy groups -OCH3 is 2. The molecular formula is C24H27NO5. The minimum Gasteiger partial charge on any atom is -0.496 e. The van der Waals surface area contributed by atoms with Crippen molar-refractivity contribution < 1.29 is 24.1 Å². The average Bonchev–Trinajstić information content (AvgIpc) is 3.21. The van der Waals surface area contributed by atoms with E-state index in [0.717, 1.165) is 44.9 Å². The molecule has 1 aliphatic rings. The molecule has 0 aliphatic carbocycles. The zero-order chi connectivity index (χ0) is 21.1. The summed E-state index contributed by atoms with van der Waals surface area (Å²) in [6, 6.07) is 16.0. The lowest BCUT2D eigenvalue weighted by molar-refractivity contribution is 0.118. The molecule has 0 unspecified atom stereocenters. The second kappa shape index (κ2) is 8.81. The number of hydrogen-bond acceptors (Lipinski definition) is 6. The van der Waals surface area contributed by atoms with Gasteiger partial charge in [-0.2, -0.15) is 0 Å². The normalized spacial score (nSPS) is 13.6. The Morgan fingerprint density at radius 3 is 2.53 bits per heavy atom. The van der Waals surface area contributed by atoms with Gasteiger partial charge in [-0.3, -0.25) is 4.90 Å². The molecule has 0 radical (unpaired) electrons. The van der Waals surface area contributed by atoms with Gasteiger partial charge in [-0.05, 0) is 42.3 Å². The van der Waals surface area contributed by atoms with Crippen LogP contribution in [-0.2, 0) is 13.1 Å². The summed E-state index contributed by atoms with van der Waals surface area (Å²) in [5, 5.41) is 12.1. The smallest absolute Gasteiger partial charge is 0.231 e. The highest BCUT2D eigenvalue weighted by molar-refractivity contribution is 5.95. The number of aliphatic hydroxyl groups is 1. The molecule has 1 N–H and O–H groups in total. The van der Waals surface area contributed by atoms with Crippen molar-refractivity contribution in [1.82, 2.24) is 4.90 Å². The molecule has 6 nitrogen and oxygen atoms in total. The summed E-state index contributed by atoms with van der Waals surface area (Å²) in [6.45, 7) is 3.93. The summed E-state index contributed by atoms with van der Waals surface area (Å²) < 4.78 is 22.1.